The van der Waals surface area contributed by atoms with E-state index in [-0.39, 0.29) is 34.2 Å². The molecule has 10 heavy (non-hydrogen) atoms. The van der Waals surface area contributed by atoms with E-state index in [1.54, 1.807) is 0 Å². The van der Waals surface area contributed by atoms with Gasteiger partial charge < -0.3 is 0 Å². The first-order valence-corrected chi connectivity index (χ1v) is 2.52. The minimum absolute atomic E-state index is 0. The summed E-state index contributed by atoms with van der Waals surface area (Å²) in [5.41, 5.74) is -1.16. The van der Waals surface area contributed by atoms with E-state index in [9.17, 15) is 9.59 Å². The standard InChI is InChI=1S/C3H3N3O2S.Na/c7-1-2(9)5-6-3(8)4-1;/h(H,5,9)(H2,4,6,7,8);. The summed E-state index contributed by atoms with van der Waals surface area (Å²) < 4.78 is -0.0328. The predicted molar refractivity (Wildman–Crippen MR) is 38.6 cm³/mol. The Balaban J connectivity index is 0.000000810. The molecule has 1 aromatic heterocycles. The van der Waals surface area contributed by atoms with Crippen molar-refractivity contribution in [2.45, 2.75) is 0 Å². The van der Waals surface area contributed by atoms with Crippen molar-refractivity contribution in [3.05, 3.63) is 25.5 Å². The van der Waals surface area contributed by atoms with Crippen molar-refractivity contribution in [1.82, 2.24) is 15.2 Å². The zero-order chi connectivity index (χ0) is 6.85. The van der Waals surface area contributed by atoms with E-state index in [1.807, 2.05) is 4.98 Å². The average molecular weight is 168 g/mol. The maximum Gasteiger partial charge on any atom is 0.340 e. The molecule has 0 atom stereocenters. The monoisotopic (exact) mass is 168 g/mol. The Morgan fingerprint density at radius 3 is 2.20 bits per heavy atom. The number of nitrogens with one attached hydrogen (secondary N) is 3. The van der Waals surface area contributed by atoms with Gasteiger partial charge in [-0.1, -0.05) is 12.2 Å². The van der Waals surface area contributed by atoms with Crippen molar-refractivity contribution in [3.63, 3.8) is 0 Å². The Morgan fingerprint density at radius 2 is 1.80 bits per heavy atom. The van der Waals surface area contributed by atoms with Gasteiger partial charge in [0.05, 0.1) is 0 Å². The Kier molecular flexibility index (Phi) is 3.80. The number of aromatic amines is 3. The molecule has 1 rings (SSSR count). The molecule has 0 fully saturated rings. The van der Waals surface area contributed by atoms with Gasteiger partial charge in [-0.3, -0.25) is 20.0 Å². The molecule has 3 N–H and O–H groups in total. The molecule has 0 aliphatic carbocycles. The van der Waals surface area contributed by atoms with Crippen LogP contribution in [0.2, 0.25) is 0 Å². The second-order valence-electron chi connectivity index (χ2n) is 1.36. The summed E-state index contributed by atoms with van der Waals surface area (Å²) in [6.07, 6.45) is 0. The number of rotatable bonds is 0. The molecule has 0 saturated heterocycles. The van der Waals surface area contributed by atoms with Crippen molar-refractivity contribution in [2.75, 3.05) is 0 Å². The maximum absolute atomic E-state index is 10.4. The van der Waals surface area contributed by atoms with Crippen LogP contribution in [0.4, 0.5) is 0 Å². The third-order valence-electron chi connectivity index (χ3n) is 0.723. The molecule has 0 unspecified atom stereocenters. The van der Waals surface area contributed by atoms with E-state index < -0.39 is 11.2 Å². The molecular formula is C3H3N3NaO2S. The number of aromatic nitrogens is 3. The zero-order valence-electron chi connectivity index (χ0n) is 5.22. The first kappa shape index (κ1) is 9.83. The van der Waals surface area contributed by atoms with E-state index >= 15 is 0 Å². The van der Waals surface area contributed by atoms with Crippen LogP contribution in [0, 0.1) is 4.64 Å². The molecule has 0 aliphatic heterocycles. The van der Waals surface area contributed by atoms with Crippen LogP contribution in [0.3, 0.4) is 0 Å². The SMILES string of the molecule is O=c1[nH][nH]c(=S)c(=O)[nH]1.[Na]. The van der Waals surface area contributed by atoms with Gasteiger partial charge in [0.2, 0.25) is 0 Å². The van der Waals surface area contributed by atoms with Gasteiger partial charge in [0.15, 0.2) is 4.64 Å². The molecule has 1 radical (unpaired) electrons. The molecule has 5 nitrogen and oxygen atoms in total. The van der Waals surface area contributed by atoms with Gasteiger partial charge in [-0.2, -0.15) is 0 Å². The normalized spacial score (nSPS) is 8.40. The van der Waals surface area contributed by atoms with E-state index in [2.05, 4.69) is 22.4 Å². The summed E-state index contributed by atoms with van der Waals surface area (Å²) in [5, 5.41) is 4.30. The van der Waals surface area contributed by atoms with Gasteiger partial charge in [-0.05, 0) is 0 Å². The van der Waals surface area contributed by atoms with Crippen LogP contribution < -0.4 is 11.2 Å². The van der Waals surface area contributed by atoms with Crippen LogP contribution in [-0.4, -0.2) is 44.7 Å². The Labute approximate surface area is 82.2 Å². The maximum atomic E-state index is 10.4. The van der Waals surface area contributed by atoms with Gasteiger partial charge in [-0.15, -0.1) is 0 Å². The molecule has 7 heteroatoms. The van der Waals surface area contributed by atoms with E-state index in [0.717, 1.165) is 0 Å². The quantitative estimate of drug-likeness (QED) is 0.334. The van der Waals surface area contributed by atoms with Crippen molar-refractivity contribution >= 4 is 41.8 Å². The molecular weight excluding hydrogens is 165 g/mol. The summed E-state index contributed by atoms with van der Waals surface area (Å²) in [7, 11) is 0. The Morgan fingerprint density at radius 1 is 1.20 bits per heavy atom. The van der Waals surface area contributed by atoms with E-state index in [4.69, 9.17) is 0 Å². The van der Waals surface area contributed by atoms with Gasteiger partial charge in [0, 0.05) is 29.6 Å². The van der Waals surface area contributed by atoms with E-state index in [0.29, 0.717) is 0 Å². The molecule has 0 aliphatic rings. The van der Waals surface area contributed by atoms with Crippen molar-refractivity contribution in [2.24, 2.45) is 0 Å². The molecule has 0 amide bonds. The fourth-order valence-electron chi connectivity index (χ4n) is 0.361. The fourth-order valence-corrected chi connectivity index (χ4v) is 0.463. The van der Waals surface area contributed by atoms with Crippen LogP contribution >= 0.6 is 12.2 Å². The topological polar surface area (TPSA) is 81.5 Å². The van der Waals surface area contributed by atoms with Crippen molar-refractivity contribution in [3.8, 4) is 0 Å². The minimum atomic E-state index is -0.589. The summed E-state index contributed by atoms with van der Waals surface area (Å²) in [4.78, 5) is 22.6. The smallest absolute Gasteiger partial charge is 0.282 e. The second-order valence-corrected chi connectivity index (χ2v) is 1.77. The molecule has 0 spiro atoms. The number of hydrogen-bond donors (Lipinski definition) is 3. The third kappa shape index (κ3) is 2.22. The molecule has 0 bridgehead atoms. The van der Waals surface area contributed by atoms with Crippen LogP contribution in [0.25, 0.3) is 0 Å². The number of H-pyrrole nitrogens is 3. The molecule has 49 valence electrons. The predicted octanol–water partition coefficient (Wildman–Crippen LogP) is -1.26. The van der Waals surface area contributed by atoms with E-state index in [1.165, 1.54) is 0 Å². The first-order valence-electron chi connectivity index (χ1n) is 2.11. The molecule has 1 heterocycles. The second kappa shape index (κ2) is 3.87. The van der Waals surface area contributed by atoms with Crippen LogP contribution in [0.1, 0.15) is 0 Å². The molecule has 0 aromatic carbocycles. The van der Waals surface area contributed by atoms with Crippen molar-refractivity contribution in [1.29, 1.82) is 0 Å². The van der Waals surface area contributed by atoms with Crippen LogP contribution in [0.5, 0.6) is 0 Å². The van der Waals surface area contributed by atoms with Crippen molar-refractivity contribution < 1.29 is 0 Å². The summed E-state index contributed by atoms with van der Waals surface area (Å²) >= 11 is 4.44. The largest absolute Gasteiger partial charge is 0.340 e. The Hall–Kier alpha value is -0.170. The summed E-state index contributed by atoms with van der Waals surface area (Å²) in [6.45, 7) is 0. The number of hydrogen-bond acceptors (Lipinski definition) is 3. The van der Waals surface area contributed by atoms with Gasteiger partial charge in [0.1, 0.15) is 0 Å². The summed E-state index contributed by atoms with van der Waals surface area (Å²) in [6, 6.07) is 0. The fraction of sp³-hybridized carbons (Fsp3) is 0. The zero-order valence-corrected chi connectivity index (χ0v) is 8.04. The van der Waals surface area contributed by atoms with Gasteiger partial charge >= 0.3 is 5.69 Å². The summed E-state index contributed by atoms with van der Waals surface area (Å²) in [5.74, 6) is 0. The van der Waals surface area contributed by atoms with Crippen LogP contribution in [0.15, 0.2) is 9.59 Å². The van der Waals surface area contributed by atoms with Gasteiger partial charge in [0.25, 0.3) is 5.56 Å². The Bertz CT molecular complexity index is 363. The molecule has 1 aromatic rings. The average Bonchev–Trinajstić information content (AvgIpc) is 1.80. The van der Waals surface area contributed by atoms with Crippen LogP contribution in [-0.2, 0) is 0 Å². The first-order chi connectivity index (χ1) is 4.20. The minimum Gasteiger partial charge on any atom is -0.282 e. The third-order valence-corrected chi connectivity index (χ3v) is 1.01. The van der Waals surface area contributed by atoms with Gasteiger partial charge in [-0.25, -0.2) is 4.79 Å². The molecule has 0 saturated carbocycles.